The van der Waals surface area contributed by atoms with Crippen LogP contribution in [0.3, 0.4) is 0 Å². The molecule has 2 aromatic rings. The molecule has 0 spiro atoms. The third-order valence-corrected chi connectivity index (χ3v) is 6.56. The Morgan fingerprint density at radius 2 is 0.939 bits per heavy atom. The number of benzene rings is 2. The topological polar surface area (TPSA) is 80.3 Å². The third kappa shape index (κ3) is 8.24. The van der Waals surface area contributed by atoms with E-state index in [-0.39, 0.29) is 27.7 Å². The molecule has 0 radical (unpaired) electrons. The molecule has 0 amide bonds. The molecule has 2 atom stereocenters. The molecular formula is C28H38HgO4. The van der Waals surface area contributed by atoms with Crippen LogP contribution in [0.15, 0.2) is 60.7 Å². The predicted molar refractivity (Wildman–Crippen MR) is 126 cm³/mol. The Labute approximate surface area is 220 Å². The van der Waals surface area contributed by atoms with Crippen LogP contribution in [0.4, 0.5) is 0 Å². The van der Waals surface area contributed by atoms with Gasteiger partial charge >= 0.3 is 27.7 Å². The number of aliphatic carboxylic acids is 2. The maximum atomic E-state index is 11.4. The molecule has 2 aromatic carbocycles. The fourth-order valence-corrected chi connectivity index (χ4v) is 4.25. The maximum Gasteiger partial charge on any atom is 2.00 e. The molecule has 0 bridgehead atoms. The van der Waals surface area contributed by atoms with E-state index in [1.54, 1.807) is 0 Å². The minimum absolute atomic E-state index is 0. The van der Waals surface area contributed by atoms with Crippen LogP contribution in [0.1, 0.15) is 90.2 Å². The summed E-state index contributed by atoms with van der Waals surface area (Å²) in [6.07, 6.45) is 6.31. The van der Waals surface area contributed by atoms with Gasteiger partial charge in [-0.15, -0.1) is 0 Å². The monoisotopic (exact) mass is 640 g/mol. The fraction of sp³-hybridized carbons (Fsp3) is 0.500. The van der Waals surface area contributed by atoms with Gasteiger partial charge < -0.3 is 19.8 Å². The van der Waals surface area contributed by atoms with Gasteiger partial charge in [0, 0.05) is 10.8 Å². The van der Waals surface area contributed by atoms with Gasteiger partial charge in [-0.25, -0.2) is 0 Å². The van der Waals surface area contributed by atoms with Gasteiger partial charge in [0.1, 0.15) is 0 Å². The van der Waals surface area contributed by atoms with Crippen LogP contribution in [-0.4, -0.2) is 11.9 Å². The molecule has 0 heterocycles. The third-order valence-electron chi connectivity index (χ3n) is 6.56. The molecule has 33 heavy (non-hydrogen) atoms. The van der Waals surface area contributed by atoms with Crippen LogP contribution < -0.4 is 10.2 Å². The zero-order valence-corrected chi connectivity index (χ0v) is 26.3. The van der Waals surface area contributed by atoms with Crippen LogP contribution in [0.2, 0.25) is 0 Å². The first kappa shape index (κ1) is 31.3. The van der Waals surface area contributed by atoms with E-state index in [1.807, 2.05) is 74.5 Å². The largest absolute Gasteiger partial charge is 2.00 e. The quantitative estimate of drug-likeness (QED) is 0.320. The summed E-state index contributed by atoms with van der Waals surface area (Å²) in [5.41, 5.74) is 0.117. The van der Waals surface area contributed by atoms with E-state index in [2.05, 4.69) is 13.8 Å². The van der Waals surface area contributed by atoms with Crippen molar-refractivity contribution in [3.63, 3.8) is 0 Å². The molecule has 0 N–H and O–H groups in total. The summed E-state index contributed by atoms with van der Waals surface area (Å²) < 4.78 is 0. The van der Waals surface area contributed by atoms with Crippen LogP contribution in [0.5, 0.6) is 0 Å². The Hall–Kier alpha value is -1.68. The van der Waals surface area contributed by atoms with Gasteiger partial charge in [-0.3, -0.25) is 0 Å². The first-order valence-corrected chi connectivity index (χ1v) is 11.9. The van der Waals surface area contributed by atoms with Crippen molar-refractivity contribution in [3.05, 3.63) is 71.8 Å². The van der Waals surface area contributed by atoms with Crippen molar-refractivity contribution >= 4 is 11.9 Å². The summed E-state index contributed by atoms with van der Waals surface area (Å²) in [6, 6.07) is 18.9. The van der Waals surface area contributed by atoms with Crippen LogP contribution >= 0.6 is 0 Å². The normalized spacial score (nSPS) is 13.9. The fourth-order valence-electron chi connectivity index (χ4n) is 4.25. The average Bonchev–Trinajstić information content (AvgIpc) is 2.82. The Bertz CT molecular complexity index is 740. The number of hydrogen-bond acceptors (Lipinski definition) is 4. The summed E-state index contributed by atoms with van der Waals surface area (Å²) in [5.74, 6) is -1.90. The van der Waals surface area contributed by atoms with Gasteiger partial charge in [-0.1, -0.05) is 114 Å². The number of carbonyl (C=O) groups excluding carboxylic acids is 2. The second kappa shape index (κ2) is 16.0. The van der Waals surface area contributed by atoms with Crippen LogP contribution in [-0.2, 0) is 48.1 Å². The molecule has 0 aliphatic carbocycles. The SMILES string of the molecule is CCCCC(CC)(C(=O)[O-])c1ccccc1.CCCCC(CC)(C(=O)[O-])c1ccccc1.[Hg+2]. The van der Waals surface area contributed by atoms with E-state index >= 15 is 0 Å². The van der Waals surface area contributed by atoms with E-state index < -0.39 is 22.8 Å². The second-order valence-corrected chi connectivity index (χ2v) is 8.39. The van der Waals surface area contributed by atoms with E-state index in [0.717, 1.165) is 36.8 Å². The van der Waals surface area contributed by atoms with E-state index in [1.165, 1.54) is 0 Å². The zero-order chi connectivity index (χ0) is 24.0. The zero-order valence-electron chi connectivity index (χ0n) is 20.8. The number of hydrogen-bond donors (Lipinski definition) is 0. The van der Waals surface area contributed by atoms with E-state index in [4.69, 9.17) is 0 Å². The first-order valence-electron chi connectivity index (χ1n) is 11.9. The molecule has 0 aromatic heterocycles. The Morgan fingerprint density at radius 3 is 1.15 bits per heavy atom. The van der Waals surface area contributed by atoms with Gasteiger partial charge in [-0.2, -0.15) is 0 Å². The number of unbranched alkanes of at least 4 members (excludes halogenated alkanes) is 2. The smallest absolute Gasteiger partial charge is 0.549 e. The van der Waals surface area contributed by atoms with Gasteiger partial charge in [-0.05, 0) is 36.8 Å². The van der Waals surface area contributed by atoms with Crippen molar-refractivity contribution in [1.29, 1.82) is 0 Å². The standard InChI is InChI=1S/2C14H20O2.Hg/c2*1-3-5-11-14(4-2,13(15)16)12-9-7-6-8-10-12;/h2*6-10H,3-5,11H2,1-2H3,(H,15,16);/q;;+2/p-2. The summed E-state index contributed by atoms with van der Waals surface area (Å²) in [7, 11) is 0. The van der Waals surface area contributed by atoms with Gasteiger partial charge in [0.05, 0.1) is 11.9 Å². The molecule has 0 fully saturated rings. The van der Waals surface area contributed by atoms with Gasteiger partial charge in [0.2, 0.25) is 0 Å². The van der Waals surface area contributed by atoms with Gasteiger partial charge in [0.15, 0.2) is 0 Å². The molecule has 5 heteroatoms. The Balaban J connectivity index is 0.000000602. The van der Waals surface area contributed by atoms with E-state index in [9.17, 15) is 19.8 Å². The molecule has 4 nitrogen and oxygen atoms in total. The van der Waals surface area contributed by atoms with Crippen molar-refractivity contribution in [2.45, 2.75) is 89.9 Å². The van der Waals surface area contributed by atoms with Crippen LogP contribution in [0, 0.1) is 0 Å². The first-order chi connectivity index (χ1) is 15.3. The molecule has 2 unspecified atom stereocenters. The molecule has 2 rings (SSSR count). The number of carboxylic acids is 2. The molecule has 176 valence electrons. The number of carbonyl (C=O) groups is 2. The minimum atomic E-state index is -0.949. The van der Waals surface area contributed by atoms with Crippen molar-refractivity contribution in [2.75, 3.05) is 0 Å². The summed E-state index contributed by atoms with van der Waals surface area (Å²) in [6.45, 7) is 7.97. The van der Waals surface area contributed by atoms with Gasteiger partial charge in [0.25, 0.3) is 0 Å². The average molecular weight is 639 g/mol. The van der Waals surface area contributed by atoms with E-state index in [0.29, 0.717) is 25.7 Å². The number of carboxylic acid groups (broad SMARTS) is 2. The van der Waals surface area contributed by atoms with Crippen LogP contribution in [0.25, 0.3) is 0 Å². The van der Waals surface area contributed by atoms with Crippen molar-refractivity contribution in [2.24, 2.45) is 0 Å². The summed E-state index contributed by atoms with van der Waals surface area (Å²) in [4.78, 5) is 22.9. The molecular weight excluding hydrogens is 601 g/mol. The predicted octanol–water partition coefficient (Wildman–Crippen LogP) is 4.55. The molecule has 0 aliphatic rings. The summed E-state index contributed by atoms with van der Waals surface area (Å²) >= 11 is 0. The van der Waals surface area contributed by atoms with Crippen molar-refractivity contribution < 1.29 is 47.5 Å². The summed E-state index contributed by atoms with van der Waals surface area (Å²) in [5, 5.41) is 22.9. The van der Waals surface area contributed by atoms with Crippen molar-refractivity contribution in [3.8, 4) is 0 Å². The van der Waals surface area contributed by atoms with Crippen molar-refractivity contribution in [1.82, 2.24) is 0 Å². The molecule has 0 aliphatic heterocycles. The Kier molecular flexibility index (Phi) is 15.2. The minimum Gasteiger partial charge on any atom is -0.549 e. The molecule has 0 saturated carbocycles. The number of rotatable bonds is 12. The molecule has 0 saturated heterocycles. The second-order valence-electron chi connectivity index (χ2n) is 8.39. The maximum absolute atomic E-state index is 11.4. The Morgan fingerprint density at radius 1 is 0.636 bits per heavy atom.